The van der Waals surface area contributed by atoms with Gasteiger partial charge in [-0.3, -0.25) is 4.79 Å². The van der Waals surface area contributed by atoms with Gasteiger partial charge < -0.3 is 0 Å². The van der Waals surface area contributed by atoms with Gasteiger partial charge >= 0.3 is 0 Å². The minimum absolute atomic E-state index is 0.0802. The highest BCUT2D eigenvalue weighted by molar-refractivity contribution is 8.50. The van der Waals surface area contributed by atoms with Crippen molar-refractivity contribution >= 4 is 37.3 Å². The van der Waals surface area contributed by atoms with Crippen molar-refractivity contribution in [3.63, 3.8) is 0 Å². The predicted octanol–water partition coefficient (Wildman–Crippen LogP) is 3.74. The zero-order valence-corrected chi connectivity index (χ0v) is 10.4. The van der Waals surface area contributed by atoms with Gasteiger partial charge in [-0.05, 0) is 36.8 Å². The van der Waals surface area contributed by atoms with E-state index in [2.05, 4.69) is 0 Å². The van der Waals surface area contributed by atoms with Gasteiger partial charge in [-0.15, -0.1) is 0 Å². The molecule has 0 unspecified atom stereocenters. The summed E-state index contributed by atoms with van der Waals surface area (Å²) in [6.07, 6.45) is 3.81. The third-order valence-corrected chi connectivity index (χ3v) is 3.17. The van der Waals surface area contributed by atoms with Gasteiger partial charge in [0.05, 0.1) is 5.75 Å². The molecule has 0 aliphatic rings. The summed E-state index contributed by atoms with van der Waals surface area (Å²) in [5, 5.41) is 0.638. The number of ketones is 1. The molecule has 14 heavy (non-hydrogen) atoms. The molecule has 0 fully saturated rings. The molecule has 0 aromatic heterocycles. The monoisotopic (exact) mass is 250 g/mol. The Kier molecular flexibility index (Phi) is 3.87. The van der Waals surface area contributed by atoms with Crippen LogP contribution < -0.4 is 0 Å². The summed E-state index contributed by atoms with van der Waals surface area (Å²) >= 11 is 5.72. The fourth-order valence-corrected chi connectivity index (χ4v) is 2.24. The molecule has 0 aliphatic heterocycles. The highest BCUT2D eigenvalue weighted by atomic mass is 35.7. The van der Waals surface area contributed by atoms with Crippen molar-refractivity contribution in [3.05, 3.63) is 34.9 Å². The highest BCUT2D eigenvalue weighted by Crippen LogP contribution is 2.45. The van der Waals surface area contributed by atoms with Crippen molar-refractivity contribution in [1.29, 1.82) is 0 Å². The standard InChI is InChI=1S/C10H12Cl2OS/c1-14(2,12)7-10(13)8-3-5-9(11)6-4-8/h3-6H,7H2,1-2H3. The topological polar surface area (TPSA) is 17.1 Å². The fourth-order valence-electron chi connectivity index (χ4n) is 1.03. The predicted molar refractivity (Wildman–Crippen MR) is 65.9 cm³/mol. The third-order valence-electron chi connectivity index (χ3n) is 1.64. The number of carbonyl (C=O) groups is 1. The zero-order valence-electron chi connectivity index (χ0n) is 8.09. The Labute approximate surface area is 95.2 Å². The molecule has 0 bridgehead atoms. The van der Waals surface area contributed by atoms with Crippen LogP contribution in [0.2, 0.25) is 5.02 Å². The Morgan fingerprint density at radius 1 is 1.29 bits per heavy atom. The zero-order chi connectivity index (χ0) is 10.8. The summed E-state index contributed by atoms with van der Waals surface area (Å²) in [6, 6.07) is 6.89. The van der Waals surface area contributed by atoms with E-state index < -0.39 is 9.24 Å². The molecule has 0 aliphatic carbocycles. The molecule has 1 nitrogen and oxygen atoms in total. The van der Waals surface area contributed by atoms with E-state index in [4.69, 9.17) is 22.3 Å². The molecular weight excluding hydrogens is 239 g/mol. The molecule has 0 N–H and O–H groups in total. The average Bonchev–Trinajstić information content (AvgIpc) is 2.02. The van der Waals surface area contributed by atoms with Crippen LogP contribution in [0.15, 0.2) is 24.3 Å². The number of carbonyl (C=O) groups excluding carboxylic acids is 1. The smallest absolute Gasteiger partial charge is 0.172 e. The van der Waals surface area contributed by atoms with Crippen LogP contribution in [-0.4, -0.2) is 24.0 Å². The number of rotatable bonds is 3. The van der Waals surface area contributed by atoms with Crippen LogP contribution in [0.5, 0.6) is 0 Å². The molecular formula is C10H12Cl2OS. The fraction of sp³-hybridized carbons (Fsp3) is 0.300. The van der Waals surface area contributed by atoms with Gasteiger partial charge in [-0.2, -0.15) is 9.24 Å². The first-order valence-electron chi connectivity index (χ1n) is 4.08. The quantitative estimate of drug-likeness (QED) is 0.748. The summed E-state index contributed by atoms with van der Waals surface area (Å²) in [4.78, 5) is 11.7. The Morgan fingerprint density at radius 2 is 1.79 bits per heavy atom. The second-order valence-electron chi connectivity index (χ2n) is 3.48. The molecule has 1 aromatic rings. The lowest BCUT2D eigenvalue weighted by molar-refractivity contribution is 0.102. The number of hydrogen-bond acceptors (Lipinski definition) is 1. The number of hydrogen-bond donors (Lipinski definition) is 0. The molecule has 0 atom stereocenters. The van der Waals surface area contributed by atoms with Crippen molar-refractivity contribution in [2.24, 2.45) is 0 Å². The number of halogens is 2. The van der Waals surface area contributed by atoms with Crippen LogP contribution >= 0.6 is 31.5 Å². The molecule has 1 rings (SSSR count). The van der Waals surface area contributed by atoms with Crippen molar-refractivity contribution < 1.29 is 4.79 Å². The normalized spacial score (nSPS) is 12.6. The molecule has 0 saturated heterocycles. The van der Waals surface area contributed by atoms with Crippen molar-refractivity contribution in [2.45, 2.75) is 0 Å². The Hall–Kier alpha value is -0.180. The molecule has 4 heteroatoms. The number of Topliss-reactive ketones (excluding diaryl/α,β-unsaturated/α-hetero) is 1. The minimum Gasteiger partial charge on any atom is -0.293 e. The Morgan fingerprint density at radius 3 is 2.21 bits per heavy atom. The van der Waals surface area contributed by atoms with Gasteiger partial charge in [-0.1, -0.05) is 22.3 Å². The summed E-state index contributed by atoms with van der Waals surface area (Å²) < 4.78 is 0. The maximum Gasteiger partial charge on any atom is 0.172 e. The molecule has 0 saturated carbocycles. The van der Waals surface area contributed by atoms with Crippen LogP contribution in [0.25, 0.3) is 0 Å². The molecule has 0 spiro atoms. The van der Waals surface area contributed by atoms with Gasteiger partial charge in [0.25, 0.3) is 0 Å². The van der Waals surface area contributed by atoms with Gasteiger partial charge in [0.2, 0.25) is 0 Å². The lowest BCUT2D eigenvalue weighted by Gasteiger charge is -2.20. The van der Waals surface area contributed by atoms with Gasteiger partial charge in [0.1, 0.15) is 0 Å². The third kappa shape index (κ3) is 3.91. The second kappa shape index (κ2) is 4.56. The van der Waals surface area contributed by atoms with Crippen molar-refractivity contribution in [3.8, 4) is 0 Å². The molecule has 0 radical (unpaired) electrons. The van der Waals surface area contributed by atoms with Crippen LogP contribution in [-0.2, 0) is 0 Å². The maximum absolute atomic E-state index is 11.7. The van der Waals surface area contributed by atoms with E-state index in [0.29, 0.717) is 16.3 Å². The second-order valence-corrected chi connectivity index (χ2v) is 9.52. The summed E-state index contributed by atoms with van der Waals surface area (Å²) in [5.74, 6) is 0.493. The van der Waals surface area contributed by atoms with Crippen LogP contribution in [0.4, 0.5) is 0 Å². The van der Waals surface area contributed by atoms with E-state index in [9.17, 15) is 4.79 Å². The lowest BCUT2D eigenvalue weighted by Crippen LogP contribution is -2.08. The molecule has 0 amide bonds. The van der Waals surface area contributed by atoms with E-state index in [-0.39, 0.29) is 5.78 Å². The van der Waals surface area contributed by atoms with Gasteiger partial charge in [0, 0.05) is 10.6 Å². The Bertz CT molecular complexity index is 327. The summed E-state index contributed by atoms with van der Waals surface area (Å²) in [5.41, 5.74) is 0.677. The van der Waals surface area contributed by atoms with Crippen molar-refractivity contribution in [1.82, 2.24) is 0 Å². The SMILES string of the molecule is CS(C)(Cl)CC(=O)c1ccc(Cl)cc1. The first kappa shape index (κ1) is 11.9. The Balaban J connectivity index is 2.76. The number of benzene rings is 1. The summed E-state index contributed by atoms with van der Waals surface area (Å²) in [6.45, 7) is 0. The van der Waals surface area contributed by atoms with E-state index >= 15 is 0 Å². The van der Waals surface area contributed by atoms with Gasteiger partial charge in [0.15, 0.2) is 5.78 Å². The maximum atomic E-state index is 11.7. The van der Waals surface area contributed by atoms with Gasteiger partial charge in [-0.25, -0.2) is 0 Å². The minimum atomic E-state index is -1.29. The average molecular weight is 251 g/mol. The lowest BCUT2D eigenvalue weighted by atomic mass is 10.1. The van der Waals surface area contributed by atoms with Crippen LogP contribution in [0.1, 0.15) is 10.4 Å². The molecule has 1 aromatic carbocycles. The molecule has 0 heterocycles. The van der Waals surface area contributed by atoms with E-state index in [0.717, 1.165) is 0 Å². The van der Waals surface area contributed by atoms with Crippen molar-refractivity contribution in [2.75, 3.05) is 18.3 Å². The van der Waals surface area contributed by atoms with Crippen LogP contribution in [0, 0.1) is 0 Å². The van der Waals surface area contributed by atoms with E-state index in [1.54, 1.807) is 24.3 Å². The van der Waals surface area contributed by atoms with E-state index in [1.165, 1.54) is 0 Å². The summed E-state index contributed by atoms with van der Waals surface area (Å²) in [7, 11) is 4.75. The first-order chi connectivity index (χ1) is 6.38. The van der Waals surface area contributed by atoms with E-state index in [1.807, 2.05) is 12.5 Å². The van der Waals surface area contributed by atoms with Crippen LogP contribution in [0.3, 0.4) is 0 Å². The largest absolute Gasteiger partial charge is 0.293 e. The first-order valence-corrected chi connectivity index (χ1v) is 7.90. The highest BCUT2D eigenvalue weighted by Gasteiger charge is 2.14. The molecule has 78 valence electrons.